The van der Waals surface area contributed by atoms with Crippen LogP contribution in [-0.2, 0) is 0 Å². The van der Waals surface area contributed by atoms with Crippen molar-refractivity contribution in [2.45, 2.75) is 13.0 Å². The monoisotopic (exact) mass is 374 g/mol. The Labute approximate surface area is 147 Å². The first kappa shape index (κ1) is 18.3. The van der Waals surface area contributed by atoms with Crippen molar-refractivity contribution in [2.75, 3.05) is 12.4 Å². The molecule has 8 heteroatoms. The average Bonchev–Trinajstić information content (AvgIpc) is 2.46. The molecule has 2 aromatic carbocycles. The molecule has 2 amide bonds. The summed E-state index contributed by atoms with van der Waals surface area (Å²) in [5.41, 5.74) is 0.612. The van der Waals surface area contributed by atoms with E-state index in [1.807, 2.05) is 0 Å². The number of rotatable bonds is 4. The number of urea groups is 1. The zero-order chi connectivity index (χ0) is 17.9. The Morgan fingerprint density at radius 3 is 2.33 bits per heavy atom. The molecule has 0 radical (unpaired) electrons. The molecule has 128 valence electrons. The number of nitrogens with one attached hydrogen (secondary N) is 2. The minimum atomic E-state index is -0.915. The molecule has 0 aliphatic heterocycles. The number of halogens is 4. The van der Waals surface area contributed by atoms with Crippen LogP contribution in [0.1, 0.15) is 18.5 Å². The van der Waals surface area contributed by atoms with E-state index in [9.17, 15) is 13.6 Å². The molecule has 0 saturated heterocycles. The number of benzene rings is 2. The van der Waals surface area contributed by atoms with Crippen molar-refractivity contribution in [2.24, 2.45) is 0 Å². The van der Waals surface area contributed by atoms with Crippen LogP contribution in [0, 0.1) is 11.6 Å². The van der Waals surface area contributed by atoms with E-state index in [1.54, 1.807) is 25.1 Å². The first-order valence-electron chi connectivity index (χ1n) is 6.87. The second-order valence-corrected chi connectivity index (χ2v) is 5.80. The van der Waals surface area contributed by atoms with Crippen molar-refractivity contribution >= 4 is 34.9 Å². The maximum Gasteiger partial charge on any atom is 0.319 e. The van der Waals surface area contributed by atoms with E-state index in [2.05, 4.69) is 15.4 Å². The van der Waals surface area contributed by atoms with Crippen LogP contribution < -0.4 is 15.4 Å². The number of hydrogen-bond acceptors (Lipinski definition) is 2. The fourth-order valence-corrected chi connectivity index (χ4v) is 2.69. The highest BCUT2D eigenvalue weighted by molar-refractivity contribution is 6.35. The Balaban J connectivity index is 2.08. The van der Waals surface area contributed by atoms with Gasteiger partial charge < -0.3 is 15.4 Å². The van der Waals surface area contributed by atoms with Crippen molar-refractivity contribution in [3.05, 3.63) is 57.6 Å². The molecule has 0 aliphatic carbocycles. The van der Waals surface area contributed by atoms with Crippen molar-refractivity contribution in [1.82, 2.24) is 5.32 Å². The molecule has 0 bridgehead atoms. The van der Waals surface area contributed by atoms with Gasteiger partial charge in [0.2, 0.25) is 0 Å². The first-order valence-corrected chi connectivity index (χ1v) is 7.63. The third-order valence-corrected chi connectivity index (χ3v) is 3.80. The van der Waals surface area contributed by atoms with Crippen molar-refractivity contribution in [1.29, 1.82) is 0 Å². The Kier molecular flexibility index (Phi) is 5.85. The standard InChI is InChI=1S/C16H14Cl2F2N2O2/c1-8(11-4-3-9(17)5-12(11)18)21-16(23)22-10-6-13(19)15(24-2)14(20)7-10/h3-8H,1-2H3,(H2,21,22,23). The highest BCUT2D eigenvalue weighted by Gasteiger charge is 2.16. The number of carbonyl (C=O) groups is 1. The quantitative estimate of drug-likeness (QED) is 0.775. The Morgan fingerprint density at radius 2 is 1.79 bits per heavy atom. The van der Waals surface area contributed by atoms with E-state index < -0.39 is 29.5 Å². The molecule has 0 fully saturated rings. The van der Waals surface area contributed by atoms with Gasteiger partial charge in [-0.15, -0.1) is 0 Å². The number of ether oxygens (including phenoxy) is 1. The summed E-state index contributed by atoms with van der Waals surface area (Å²) in [5, 5.41) is 5.85. The molecule has 1 atom stereocenters. The van der Waals surface area contributed by atoms with Crippen LogP contribution in [0.2, 0.25) is 10.0 Å². The fraction of sp³-hybridized carbons (Fsp3) is 0.188. The van der Waals surface area contributed by atoms with Crippen molar-refractivity contribution < 1.29 is 18.3 Å². The second kappa shape index (κ2) is 7.68. The summed E-state index contributed by atoms with van der Waals surface area (Å²) in [7, 11) is 1.15. The van der Waals surface area contributed by atoms with Gasteiger partial charge in [-0.25, -0.2) is 13.6 Å². The SMILES string of the molecule is COc1c(F)cc(NC(=O)NC(C)c2ccc(Cl)cc2Cl)cc1F. The number of carbonyl (C=O) groups excluding carboxylic acids is 1. The molecule has 0 saturated carbocycles. The van der Waals surface area contributed by atoms with Crippen molar-refractivity contribution in [3.63, 3.8) is 0 Å². The molecule has 0 heterocycles. The lowest BCUT2D eigenvalue weighted by Crippen LogP contribution is -2.31. The molecule has 1 unspecified atom stereocenters. The van der Waals surface area contributed by atoms with Crippen molar-refractivity contribution in [3.8, 4) is 5.75 Å². The smallest absolute Gasteiger partial charge is 0.319 e. The Hall–Kier alpha value is -2.05. The van der Waals surface area contributed by atoms with E-state index in [-0.39, 0.29) is 5.69 Å². The molecule has 24 heavy (non-hydrogen) atoms. The van der Waals surface area contributed by atoms with E-state index in [0.717, 1.165) is 19.2 Å². The largest absolute Gasteiger partial charge is 0.491 e. The lowest BCUT2D eigenvalue weighted by molar-refractivity contribution is 0.249. The summed E-state index contributed by atoms with van der Waals surface area (Å²) in [6, 6.07) is 5.72. The van der Waals surface area contributed by atoms with Crippen LogP contribution in [0.15, 0.2) is 30.3 Å². The van der Waals surface area contributed by atoms with E-state index in [1.165, 1.54) is 0 Å². The molecule has 0 spiro atoms. The average molecular weight is 375 g/mol. The zero-order valence-corrected chi connectivity index (χ0v) is 14.3. The van der Waals surface area contributed by atoms with Crippen LogP contribution in [0.4, 0.5) is 19.3 Å². The summed E-state index contributed by atoms with van der Waals surface area (Å²) in [6.07, 6.45) is 0. The van der Waals surface area contributed by atoms with Gasteiger partial charge in [-0.3, -0.25) is 0 Å². The van der Waals surface area contributed by atoms with E-state index >= 15 is 0 Å². The maximum atomic E-state index is 13.6. The van der Waals surface area contributed by atoms with Gasteiger partial charge in [0.15, 0.2) is 17.4 Å². The maximum absolute atomic E-state index is 13.6. The highest BCUT2D eigenvalue weighted by Crippen LogP contribution is 2.27. The van der Waals surface area contributed by atoms with Gasteiger partial charge in [0.05, 0.1) is 13.2 Å². The Bertz CT molecular complexity index is 749. The number of hydrogen-bond donors (Lipinski definition) is 2. The van der Waals surface area contributed by atoms with E-state index in [4.69, 9.17) is 23.2 Å². The van der Waals surface area contributed by atoms with E-state index in [0.29, 0.717) is 15.6 Å². The van der Waals surface area contributed by atoms with Gasteiger partial charge >= 0.3 is 6.03 Å². The summed E-state index contributed by atoms with van der Waals surface area (Å²) in [6.45, 7) is 1.71. The van der Waals surface area contributed by atoms with Gasteiger partial charge in [0, 0.05) is 27.9 Å². The van der Waals surface area contributed by atoms with Gasteiger partial charge in [-0.1, -0.05) is 29.3 Å². The van der Waals surface area contributed by atoms with Gasteiger partial charge in [0.1, 0.15) is 0 Å². The third kappa shape index (κ3) is 4.27. The van der Waals surface area contributed by atoms with Crippen LogP contribution in [0.5, 0.6) is 5.75 Å². The summed E-state index contributed by atoms with van der Waals surface area (Å²) < 4.78 is 31.8. The lowest BCUT2D eigenvalue weighted by Gasteiger charge is -2.17. The van der Waals surface area contributed by atoms with Gasteiger partial charge in [-0.05, 0) is 24.6 Å². The molecular formula is C16H14Cl2F2N2O2. The Morgan fingerprint density at radius 1 is 1.17 bits per heavy atom. The van der Waals surface area contributed by atoms with Crippen LogP contribution >= 0.6 is 23.2 Å². The second-order valence-electron chi connectivity index (χ2n) is 4.96. The number of methoxy groups -OCH3 is 1. The van der Waals surface area contributed by atoms with Gasteiger partial charge in [0.25, 0.3) is 0 Å². The summed E-state index contributed by atoms with van der Waals surface area (Å²) >= 11 is 11.9. The normalized spacial score (nSPS) is 11.8. The predicted molar refractivity (Wildman–Crippen MR) is 89.9 cm³/mol. The molecule has 2 rings (SSSR count). The predicted octanol–water partition coefficient (Wildman–Crippen LogP) is 5.16. The summed E-state index contributed by atoms with van der Waals surface area (Å²) in [5.74, 6) is -2.34. The molecule has 4 nitrogen and oxygen atoms in total. The number of amides is 2. The first-order chi connectivity index (χ1) is 11.3. The van der Waals surface area contributed by atoms with Crippen LogP contribution in [-0.4, -0.2) is 13.1 Å². The molecule has 2 aromatic rings. The lowest BCUT2D eigenvalue weighted by atomic mass is 10.1. The van der Waals surface area contributed by atoms with Crippen LogP contribution in [0.3, 0.4) is 0 Å². The number of anilines is 1. The highest BCUT2D eigenvalue weighted by atomic mass is 35.5. The zero-order valence-electron chi connectivity index (χ0n) is 12.8. The molecule has 2 N–H and O–H groups in total. The third-order valence-electron chi connectivity index (χ3n) is 3.24. The van der Waals surface area contributed by atoms with Crippen LogP contribution in [0.25, 0.3) is 0 Å². The molecule has 0 aliphatic rings. The summed E-state index contributed by atoms with van der Waals surface area (Å²) in [4.78, 5) is 12.0. The topological polar surface area (TPSA) is 50.4 Å². The van der Waals surface area contributed by atoms with Gasteiger partial charge in [-0.2, -0.15) is 0 Å². The molecule has 0 aromatic heterocycles. The fourth-order valence-electron chi connectivity index (χ4n) is 2.12. The minimum absolute atomic E-state index is 0.0438. The minimum Gasteiger partial charge on any atom is -0.491 e. The molecular weight excluding hydrogens is 361 g/mol.